The quantitative estimate of drug-likeness (QED) is 0.622. The molecule has 17 heavy (non-hydrogen) atoms. The van der Waals surface area contributed by atoms with Crippen molar-refractivity contribution in [3.8, 4) is 0 Å². The summed E-state index contributed by atoms with van der Waals surface area (Å²) in [5.41, 5.74) is -3.39. The number of hydrogen-bond acceptors (Lipinski definition) is 1. The van der Waals surface area contributed by atoms with Crippen molar-refractivity contribution in [2.24, 2.45) is 0 Å². The van der Waals surface area contributed by atoms with Gasteiger partial charge in [-0.25, -0.2) is 0 Å². The molecule has 0 aliphatic rings. The van der Waals surface area contributed by atoms with Crippen molar-refractivity contribution >= 4 is 27.1 Å². The second-order valence-corrected chi connectivity index (χ2v) is 13.2. The minimum absolute atomic E-state index is 0.507. The molecule has 0 heterocycles. The third-order valence-corrected chi connectivity index (χ3v) is 12.9. The first-order valence-corrected chi connectivity index (χ1v) is 10.4. The molecule has 0 amide bonds. The topological polar surface area (TPSA) is 40.5 Å². The van der Waals surface area contributed by atoms with Gasteiger partial charge < -0.3 is 9.79 Å². The lowest BCUT2D eigenvalue weighted by atomic mass is 10.4. The van der Waals surface area contributed by atoms with Crippen LogP contribution in [-0.2, 0) is 11.8 Å². The Morgan fingerprint density at radius 2 is 1.59 bits per heavy atom. The summed E-state index contributed by atoms with van der Waals surface area (Å²) in [6.45, 7) is 7.41. The average Bonchev–Trinajstić information content (AvgIpc) is 2.28. The van der Waals surface area contributed by atoms with Crippen LogP contribution in [0.1, 0.15) is 0 Å². The molecule has 0 fully saturated rings. The summed E-state index contributed by atoms with van der Waals surface area (Å²) in [6, 6.07) is 9.46. The Kier molecular flexibility index (Phi) is 5.17. The van der Waals surface area contributed by atoms with Crippen molar-refractivity contribution in [2.75, 3.05) is 11.5 Å². The van der Waals surface area contributed by atoms with Gasteiger partial charge in [-0.05, 0) is 28.8 Å². The summed E-state index contributed by atoms with van der Waals surface area (Å²) < 4.78 is 0. The largest absolute Gasteiger partial charge is 0.338 e. The van der Waals surface area contributed by atoms with Crippen LogP contribution in [0.15, 0.2) is 60.5 Å². The van der Waals surface area contributed by atoms with Gasteiger partial charge in [0.25, 0.3) is 0 Å². The smallest absolute Gasteiger partial charge is 0.229 e. The molecule has 1 aromatic carbocycles. The highest BCUT2D eigenvalue weighted by atomic mass is 33.0. The molecular weight excluding hydrogens is 271 g/mol. The summed E-state index contributed by atoms with van der Waals surface area (Å²) in [7, 11) is -1.89. The van der Waals surface area contributed by atoms with Crippen LogP contribution in [0, 0.1) is 0 Å². The van der Waals surface area contributed by atoms with E-state index in [4.69, 9.17) is 11.8 Å². The van der Waals surface area contributed by atoms with Crippen LogP contribution in [0.25, 0.3) is 0 Å². The van der Waals surface area contributed by atoms with E-state index in [2.05, 4.69) is 13.2 Å². The lowest BCUT2D eigenvalue weighted by Crippen LogP contribution is -2.08. The van der Waals surface area contributed by atoms with Crippen LogP contribution < -0.4 is 0 Å². The summed E-state index contributed by atoms with van der Waals surface area (Å²) in [5.74, 6) is 1.01. The zero-order valence-electron chi connectivity index (χ0n) is 9.53. The number of hydrogen-bond donors (Lipinski definition) is 2. The van der Waals surface area contributed by atoms with Gasteiger partial charge in [-0.1, -0.05) is 30.4 Å². The van der Waals surface area contributed by atoms with Gasteiger partial charge in [0.1, 0.15) is 0 Å². The molecule has 5 heteroatoms. The normalized spacial score (nSPS) is 13.1. The van der Waals surface area contributed by atoms with E-state index < -0.39 is 15.3 Å². The van der Waals surface area contributed by atoms with Crippen molar-refractivity contribution < 1.29 is 9.79 Å². The Balaban J connectivity index is 3.39. The van der Waals surface area contributed by atoms with Gasteiger partial charge in [-0.3, -0.25) is 0 Å². The van der Waals surface area contributed by atoms with Crippen LogP contribution >= 0.6 is 15.3 Å². The summed E-state index contributed by atoms with van der Waals surface area (Å²) in [6.07, 6.45) is 3.42. The first kappa shape index (κ1) is 14.7. The van der Waals surface area contributed by atoms with Gasteiger partial charge >= 0.3 is 0 Å². The molecule has 0 saturated heterocycles. The fourth-order valence-corrected chi connectivity index (χ4v) is 9.14. The first-order valence-electron chi connectivity index (χ1n) is 5.09. The van der Waals surface area contributed by atoms with E-state index in [1.165, 1.54) is 0 Å². The maximum absolute atomic E-state index is 10.1. The molecule has 0 bridgehead atoms. The standard InChI is InChI=1S/C12H17O2PS2/c1-3-10-17(11-4-2,15(13,14)16)12-8-6-5-7-9-12/h3-9H,1-2,10-11H2,(H2,13,14,16). The molecule has 0 saturated carbocycles. The van der Waals surface area contributed by atoms with Gasteiger partial charge in [-0.2, -0.15) is 0 Å². The highest BCUT2D eigenvalue weighted by Gasteiger charge is 2.36. The molecular formula is C12H17O2PS2. The molecule has 0 aliphatic heterocycles. The lowest BCUT2D eigenvalue weighted by Gasteiger charge is -2.41. The van der Waals surface area contributed by atoms with E-state index in [1.807, 2.05) is 30.3 Å². The molecule has 1 rings (SSSR count). The maximum Gasteiger partial charge on any atom is 0.229 e. The maximum atomic E-state index is 10.1. The Hall–Kier alpha value is -0.380. The number of rotatable bonds is 6. The first-order chi connectivity index (χ1) is 7.98. The number of benzene rings is 1. The van der Waals surface area contributed by atoms with E-state index in [9.17, 15) is 9.79 Å². The monoisotopic (exact) mass is 288 g/mol. The Morgan fingerprint density at radius 1 is 1.12 bits per heavy atom. The highest BCUT2D eigenvalue weighted by molar-refractivity contribution is 8.85. The second kappa shape index (κ2) is 5.98. The van der Waals surface area contributed by atoms with Gasteiger partial charge in [0, 0.05) is 11.5 Å². The highest BCUT2D eigenvalue weighted by Crippen LogP contribution is 2.81. The molecule has 0 aromatic heterocycles. The minimum atomic E-state index is -3.39. The fourth-order valence-electron chi connectivity index (χ4n) is 1.66. The molecule has 0 radical (unpaired) electrons. The third kappa shape index (κ3) is 3.09. The van der Waals surface area contributed by atoms with E-state index in [0.717, 1.165) is 4.90 Å². The molecule has 94 valence electrons. The van der Waals surface area contributed by atoms with Crippen molar-refractivity contribution in [1.29, 1.82) is 0 Å². The zero-order chi connectivity index (χ0) is 12.9. The molecule has 2 nitrogen and oxygen atoms in total. The minimum Gasteiger partial charge on any atom is -0.338 e. The van der Waals surface area contributed by atoms with Crippen LogP contribution in [-0.4, -0.2) is 21.3 Å². The lowest BCUT2D eigenvalue weighted by molar-refractivity contribution is 0.500. The van der Waals surface area contributed by atoms with Gasteiger partial charge in [0.15, 0.2) is 0 Å². The summed E-state index contributed by atoms with van der Waals surface area (Å²) in [4.78, 5) is 21.0. The van der Waals surface area contributed by atoms with Gasteiger partial charge in [0.05, 0.1) is 0 Å². The average molecular weight is 288 g/mol. The summed E-state index contributed by atoms with van der Waals surface area (Å²) >= 11 is 5.00. The summed E-state index contributed by atoms with van der Waals surface area (Å²) in [5, 5.41) is 0. The molecule has 1 aromatic rings. The van der Waals surface area contributed by atoms with E-state index in [0.29, 0.717) is 11.5 Å². The third-order valence-electron chi connectivity index (χ3n) is 2.42. The Labute approximate surface area is 109 Å². The van der Waals surface area contributed by atoms with Crippen molar-refractivity contribution in [1.82, 2.24) is 0 Å². The molecule has 0 unspecified atom stereocenters. The van der Waals surface area contributed by atoms with E-state index in [1.54, 1.807) is 12.2 Å². The molecule has 0 spiro atoms. The molecule has 0 aliphatic carbocycles. The van der Waals surface area contributed by atoms with Gasteiger partial charge in [-0.15, -0.1) is 22.8 Å². The van der Waals surface area contributed by atoms with E-state index in [-0.39, 0.29) is 0 Å². The predicted octanol–water partition coefficient (Wildman–Crippen LogP) is 3.43. The second-order valence-electron chi connectivity index (χ2n) is 3.56. The SMILES string of the molecule is C=CCS(CC=C)(c1ccccc1)P(O)(O)=S. The predicted molar refractivity (Wildman–Crippen MR) is 81.1 cm³/mol. The fraction of sp³-hybridized carbons (Fsp3) is 0.167. The van der Waals surface area contributed by atoms with Crippen molar-refractivity contribution in [2.45, 2.75) is 4.90 Å². The van der Waals surface area contributed by atoms with Crippen LogP contribution in [0.3, 0.4) is 0 Å². The van der Waals surface area contributed by atoms with E-state index >= 15 is 0 Å². The van der Waals surface area contributed by atoms with Crippen LogP contribution in [0.2, 0.25) is 0 Å². The molecule has 2 N–H and O–H groups in total. The zero-order valence-corrected chi connectivity index (χ0v) is 12.1. The van der Waals surface area contributed by atoms with Crippen molar-refractivity contribution in [3.05, 3.63) is 55.6 Å². The Morgan fingerprint density at radius 3 is 1.94 bits per heavy atom. The Bertz CT molecular complexity index is 429. The molecule has 0 atom stereocenters. The van der Waals surface area contributed by atoms with Crippen molar-refractivity contribution in [3.63, 3.8) is 0 Å². The van der Waals surface area contributed by atoms with Gasteiger partial charge in [0.2, 0.25) is 5.69 Å². The van der Waals surface area contributed by atoms with Crippen LogP contribution in [0.4, 0.5) is 0 Å². The van der Waals surface area contributed by atoms with Crippen LogP contribution in [0.5, 0.6) is 0 Å².